The third kappa shape index (κ3) is 16.7. The molecule has 3 heteroatoms. The Morgan fingerprint density at radius 3 is 0.708 bits per heavy atom. The van der Waals surface area contributed by atoms with Gasteiger partial charge in [-0.1, -0.05) is 41.5 Å². The van der Waals surface area contributed by atoms with E-state index in [-0.39, 0.29) is 22.3 Å². The molecule has 3 aliphatic heterocycles. The van der Waals surface area contributed by atoms with Crippen LogP contribution in [0.2, 0.25) is 0 Å². The molecule has 0 N–H and O–H groups in total. The second kappa shape index (κ2) is 19.2. The number of rotatable bonds is 0. The molecule has 3 nitrogen and oxygen atoms in total. The van der Waals surface area contributed by atoms with Crippen molar-refractivity contribution in [2.24, 2.45) is 0 Å². The Labute approximate surface area is 155 Å². The molecular weight excluding hydrogens is 294 g/mol. The summed E-state index contributed by atoms with van der Waals surface area (Å²) in [5.74, 6) is 0. The van der Waals surface area contributed by atoms with Gasteiger partial charge in [0.05, 0.1) is 0 Å². The van der Waals surface area contributed by atoms with Crippen molar-refractivity contribution in [3.8, 4) is 0 Å². The summed E-state index contributed by atoms with van der Waals surface area (Å²) < 4.78 is 0. The molecular formula is C21H51N3. The molecule has 3 aliphatic rings. The van der Waals surface area contributed by atoms with Gasteiger partial charge in [-0.15, -0.1) is 0 Å². The Morgan fingerprint density at radius 2 is 0.500 bits per heavy atom. The Morgan fingerprint density at radius 1 is 0.333 bits per heavy atom. The van der Waals surface area contributed by atoms with Gasteiger partial charge < -0.3 is 14.7 Å². The van der Waals surface area contributed by atoms with Crippen LogP contribution < -0.4 is 0 Å². The minimum atomic E-state index is 0. The highest BCUT2D eigenvalue weighted by Gasteiger charge is 2.03. The van der Waals surface area contributed by atoms with Gasteiger partial charge in [-0.05, 0) is 98.9 Å². The van der Waals surface area contributed by atoms with E-state index in [1.807, 2.05) is 0 Å². The van der Waals surface area contributed by atoms with Gasteiger partial charge in [0.25, 0.3) is 0 Å². The summed E-state index contributed by atoms with van der Waals surface area (Å²) >= 11 is 0. The van der Waals surface area contributed by atoms with Crippen molar-refractivity contribution in [3.63, 3.8) is 0 Å². The van der Waals surface area contributed by atoms with Crippen molar-refractivity contribution < 1.29 is 0 Å². The monoisotopic (exact) mass is 345 g/mol. The third-order valence-electron chi connectivity index (χ3n) is 4.74. The summed E-state index contributed by atoms with van der Waals surface area (Å²) in [6.07, 6.45) is 12.8. The maximum atomic E-state index is 2.42. The lowest BCUT2D eigenvalue weighted by Crippen LogP contribution is -2.24. The van der Waals surface area contributed by atoms with Gasteiger partial charge in [0, 0.05) is 0 Å². The lowest BCUT2D eigenvalue weighted by Gasteiger charge is -2.20. The summed E-state index contributed by atoms with van der Waals surface area (Å²) in [6, 6.07) is 0. The molecule has 0 unspecified atom stereocenters. The molecule has 0 aromatic carbocycles. The van der Waals surface area contributed by atoms with E-state index in [0.717, 1.165) is 0 Å². The normalized spacial score (nSPS) is 22.1. The first kappa shape index (κ1) is 28.7. The van der Waals surface area contributed by atoms with Gasteiger partial charge in [0.1, 0.15) is 0 Å². The fourth-order valence-electron chi connectivity index (χ4n) is 3.16. The van der Waals surface area contributed by atoms with Crippen molar-refractivity contribution in [1.29, 1.82) is 0 Å². The summed E-state index contributed by atoms with van der Waals surface area (Å²) in [7, 11) is 6.58. The first-order valence-electron chi connectivity index (χ1n) is 9.24. The number of nitrogens with zero attached hydrogens (tertiary/aromatic N) is 3. The third-order valence-corrected chi connectivity index (χ3v) is 4.74. The highest BCUT2D eigenvalue weighted by atomic mass is 15.1. The van der Waals surface area contributed by atoms with E-state index >= 15 is 0 Å². The van der Waals surface area contributed by atoms with Gasteiger partial charge in [0.15, 0.2) is 0 Å². The minimum absolute atomic E-state index is 0. The Bertz CT molecular complexity index is 213. The SMILES string of the molecule is C.C.C.CN1CCCC1.CN1CCCCC1.CN1CCCCCC1. The highest BCUT2D eigenvalue weighted by Crippen LogP contribution is 2.06. The van der Waals surface area contributed by atoms with Gasteiger partial charge in [-0.2, -0.15) is 0 Å². The first-order chi connectivity index (χ1) is 10.2. The molecule has 3 heterocycles. The molecule has 0 spiro atoms. The fraction of sp³-hybridized carbons (Fsp3) is 1.00. The number of hydrogen-bond donors (Lipinski definition) is 0. The predicted molar refractivity (Wildman–Crippen MR) is 114 cm³/mol. The predicted octanol–water partition coefficient (Wildman–Crippen LogP) is 5.21. The van der Waals surface area contributed by atoms with Crippen molar-refractivity contribution in [1.82, 2.24) is 14.7 Å². The molecule has 150 valence electrons. The van der Waals surface area contributed by atoms with Crippen molar-refractivity contribution in [2.45, 2.75) is 80.1 Å². The van der Waals surface area contributed by atoms with Gasteiger partial charge in [-0.3, -0.25) is 0 Å². The van der Waals surface area contributed by atoms with Crippen LogP contribution in [0.25, 0.3) is 0 Å². The Kier molecular flexibility index (Phi) is 22.9. The molecule has 3 saturated heterocycles. The minimum Gasteiger partial charge on any atom is -0.306 e. The molecule has 0 saturated carbocycles. The van der Waals surface area contributed by atoms with Crippen LogP contribution in [0, 0.1) is 0 Å². The smallest absolute Gasteiger partial charge is 0.00213 e. The molecule has 0 aliphatic carbocycles. The van der Waals surface area contributed by atoms with E-state index < -0.39 is 0 Å². The molecule has 0 atom stereocenters. The second-order valence-corrected chi connectivity index (χ2v) is 7.09. The average molecular weight is 346 g/mol. The zero-order valence-electron chi connectivity index (χ0n) is 14.9. The van der Waals surface area contributed by atoms with Crippen LogP contribution in [0.5, 0.6) is 0 Å². The van der Waals surface area contributed by atoms with E-state index in [2.05, 4.69) is 35.8 Å². The van der Waals surface area contributed by atoms with Gasteiger partial charge >= 0.3 is 0 Å². The fourth-order valence-corrected chi connectivity index (χ4v) is 3.16. The van der Waals surface area contributed by atoms with E-state index in [9.17, 15) is 0 Å². The van der Waals surface area contributed by atoms with Crippen LogP contribution in [0.4, 0.5) is 0 Å². The number of piperidine rings is 1. The van der Waals surface area contributed by atoms with Gasteiger partial charge in [-0.25, -0.2) is 0 Å². The summed E-state index contributed by atoms with van der Waals surface area (Å²) in [5, 5.41) is 0. The summed E-state index contributed by atoms with van der Waals surface area (Å²) in [4.78, 5) is 7.18. The zero-order valence-corrected chi connectivity index (χ0v) is 14.9. The average Bonchev–Trinajstić information content (AvgIpc) is 2.83. The van der Waals surface area contributed by atoms with Crippen molar-refractivity contribution >= 4 is 0 Å². The Hall–Kier alpha value is -0.120. The van der Waals surface area contributed by atoms with E-state index in [0.29, 0.717) is 0 Å². The number of likely N-dealkylation sites (tertiary alicyclic amines) is 3. The largest absolute Gasteiger partial charge is 0.306 e. The molecule has 0 amide bonds. The number of hydrogen-bond acceptors (Lipinski definition) is 3. The van der Waals surface area contributed by atoms with Crippen LogP contribution in [-0.2, 0) is 0 Å². The van der Waals surface area contributed by atoms with Crippen LogP contribution in [-0.4, -0.2) is 75.1 Å². The lowest BCUT2D eigenvalue weighted by atomic mass is 10.1. The quantitative estimate of drug-likeness (QED) is 0.596. The second-order valence-electron chi connectivity index (χ2n) is 7.09. The highest BCUT2D eigenvalue weighted by molar-refractivity contribution is 4.59. The maximum Gasteiger partial charge on any atom is -0.00213 e. The zero-order chi connectivity index (χ0) is 15.3. The summed E-state index contributed by atoms with van der Waals surface area (Å²) in [6.45, 7) is 7.92. The van der Waals surface area contributed by atoms with Crippen molar-refractivity contribution in [3.05, 3.63) is 0 Å². The maximum absolute atomic E-state index is 2.42. The van der Waals surface area contributed by atoms with Crippen LogP contribution >= 0.6 is 0 Å². The molecule has 3 rings (SSSR count). The molecule has 24 heavy (non-hydrogen) atoms. The van der Waals surface area contributed by atoms with E-state index in [1.54, 1.807) is 0 Å². The summed E-state index contributed by atoms with van der Waals surface area (Å²) in [5.41, 5.74) is 0. The standard InChI is InChI=1S/C7H15N.C6H13N.C5H11N.3CH4/c1-8-6-4-2-3-5-7-8;1-7-5-3-2-4-6-7;1-6-4-2-3-5-6;;;/h2-7H2,1H3;2-6H2,1H3;2-5H2,1H3;3*1H4. The van der Waals surface area contributed by atoms with Crippen molar-refractivity contribution in [2.75, 3.05) is 60.4 Å². The van der Waals surface area contributed by atoms with E-state index in [4.69, 9.17) is 0 Å². The Balaban J connectivity index is -0.000000261. The molecule has 0 radical (unpaired) electrons. The van der Waals surface area contributed by atoms with Crippen LogP contribution in [0.15, 0.2) is 0 Å². The first-order valence-corrected chi connectivity index (χ1v) is 9.24. The topological polar surface area (TPSA) is 9.72 Å². The lowest BCUT2D eigenvalue weighted by molar-refractivity contribution is 0.277. The van der Waals surface area contributed by atoms with Crippen LogP contribution in [0.3, 0.4) is 0 Å². The van der Waals surface area contributed by atoms with Crippen LogP contribution in [0.1, 0.15) is 80.1 Å². The molecule has 0 aromatic rings. The van der Waals surface area contributed by atoms with E-state index in [1.165, 1.54) is 97.1 Å². The molecule has 0 bridgehead atoms. The molecule has 3 fully saturated rings. The molecule has 0 aromatic heterocycles. The van der Waals surface area contributed by atoms with Gasteiger partial charge in [0.2, 0.25) is 0 Å².